The highest BCUT2D eigenvalue weighted by Crippen LogP contribution is 2.33. The number of ether oxygens (including phenoxy) is 1. The van der Waals surface area contributed by atoms with Crippen LogP contribution in [0.25, 0.3) is 11.8 Å². The lowest BCUT2D eigenvalue weighted by atomic mass is 10.2. The van der Waals surface area contributed by atoms with Gasteiger partial charge in [-0.05, 0) is 115 Å². The van der Waals surface area contributed by atoms with Gasteiger partial charge >= 0.3 is 0 Å². The Balaban J connectivity index is 1.65. The van der Waals surface area contributed by atoms with Gasteiger partial charge in [-0.15, -0.1) is 0 Å². The fraction of sp³-hybridized carbons (Fsp3) is 0.167. The monoisotopic (exact) mass is 543 g/mol. The summed E-state index contributed by atoms with van der Waals surface area (Å²) in [7, 11) is 1.61. The van der Waals surface area contributed by atoms with Crippen molar-refractivity contribution in [3.05, 3.63) is 79.5 Å². The van der Waals surface area contributed by atoms with E-state index in [1.807, 2.05) is 31.2 Å². The Morgan fingerprint density at radius 2 is 1.84 bits per heavy atom. The van der Waals surface area contributed by atoms with Gasteiger partial charge in [0.15, 0.2) is 5.17 Å². The van der Waals surface area contributed by atoms with Gasteiger partial charge in [-0.25, -0.2) is 4.99 Å². The van der Waals surface area contributed by atoms with Crippen LogP contribution in [0, 0.1) is 24.3 Å². The van der Waals surface area contributed by atoms with Crippen LogP contribution in [0.4, 0.5) is 5.69 Å². The quantitative estimate of drug-likeness (QED) is 0.329. The molecule has 31 heavy (non-hydrogen) atoms. The SMILES string of the molecule is COc1ccc(C)cc1N=C1NC(=O)/C(=C/c2cc(C)n(-c3ccc(I)cc3)c2C)S1. The van der Waals surface area contributed by atoms with Gasteiger partial charge in [0.2, 0.25) is 0 Å². The summed E-state index contributed by atoms with van der Waals surface area (Å²) in [4.78, 5) is 17.8. The number of nitrogens with one attached hydrogen (secondary N) is 1. The lowest BCUT2D eigenvalue weighted by molar-refractivity contribution is -0.115. The molecular formula is C24H22IN3O2S. The van der Waals surface area contributed by atoms with Crippen LogP contribution in [0.1, 0.15) is 22.5 Å². The number of hydrogen-bond donors (Lipinski definition) is 1. The van der Waals surface area contributed by atoms with E-state index in [0.717, 1.165) is 28.2 Å². The molecule has 7 heteroatoms. The summed E-state index contributed by atoms with van der Waals surface area (Å²) in [6.07, 6.45) is 1.93. The first-order valence-corrected chi connectivity index (χ1v) is 11.6. The summed E-state index contributed by atoms with van der Waals surface area (Å²) in [6.45, 7) is 6.14. The second-order valence-electron chi connectivity index (χ2n) is 7.30. The van der Waals surface area contributed by atoms with Gasteiger partial charge in [-0.1, -0.05) is 6.07 Å². The largest absolute Gasteiger partial charge is 0.494 e. The predicted molar refractivity (Wildman–Crippen MR) is 136 cm³/mol. The molecule has 1 N–H and O–H groups in total. The second kappa shape index (κ2) is 8.92. The molecule has 0 saturated carbocycles. The molecule has 1 fully saturated rings. The zero-order chi connectivity index (χ0) is 22.1. The molecule has 0 radical (unpaired) electrons. The van der Waals surface area contributed by atoms with Crippen molar-refractivity contribution in [1.29, 1.82) is 0 Å². The first kappa shape index (κ1) is 21.7. The molecule has 5 nitrogen and oxygen atoms in total. The molecule has 0 aliphatic carbocycles. The number of methoxy groups -OCH3 is 1. The van der Waals surface area contributed by atoms with Gasteiger partial charge in [0.05, 0.1) is 12.0 Å². The number of thioether (sulfide) groups is 1. The summed E-state index contributed by atoms with van der Waals surface area (Å²) < 4.78 is 8.79. The minimum atomic E-state index is -0.144. The average Bonchev–Trinajstić information content (AvgIpc) is 3.21. The highest BCUT2D eigenvalue weighted by molar-refractivity contribution is 14.1. The molecule has 0 atom stereocenters. The minimum Gasteiger partial charge on any atom is -0.494 e. The first-order valence-electron chi connectivity index (χ1n) is 9.75. The molecule has 1 amide bonds. The van der Waals surface area contributed by atoms with Gasteiger partial charge in [0.1, 0.15) is 11.4 Å². The number of amides is 1. The van der Waals surface area contributed by atoms with Crippen molar-refractivity contribution in [3.8, 4) is 11.4 Å². The summed E-state index contributed by atoms with van der Waals surface area (Å²) in [5.74, 6) is 0.529. The van der Waals surface area contributed by atoms with Crippen molar-refractivity contribution >= 4 is 57.2 Å². The van der Waals surface area contributed by atoms with Gasteiger partial charge in [-0.3, -0.25) is 4.79 Å². The number of halogens is 1. The van der Waals surface area contributed by atoms with Crippen LogP contribution >= 0.6 is 34.4 Å². The van der Waals surface area contributed by atoms with Gasteiger partial charge in [0.25, 0.3) is 5.91 Å². The molecule has 0 unspecified atom stereocenters. The first-order chi connectivity index (χ1) is 14.9. The average molecular weight is 543 g/mol. The maximum atomic E-state index is 12.6. The maximum absolute atomic E-state index is 12.6. The molecule has 1 aliphatic rings. The Bertz CT molecular complexity index is 1230. The van der Waals surface area contributed by atoms with Gasteiger partial charge < -0.3 is 14.6 Å². The fourth-order valence-electron chi connectivity index (χ4n) is 3.54. The van der Waals surface area contributed by atoms with Crippen molar-refractivity contribution < 1.29 is 9.53 Å². The van der Waals surface area contributed by atoms with Crippen LogP contribution in [-0.4, -0.2) is 22.8 Å². The molecule has 0 spiro atoms. The number of hydrogen-bond acceptors (Lipinski definition) is 4. The third-order valence-electron chi connectivity index (χ3n) is 5.05. The standard InChI is InChI=1S/C24H22IN3O2S/c1-14-5-10-21(30-4)20(11-14)26-24-27-23(29)22(31-24)13-17-12-15(2)28(16(17)3)19-8-6-18(25)7-9-19/h5-13H,1-4H3,(H,26,27,29)/b22-13-. The number of aromatic nitrogens is 1. The van der Waals surface area contributed by atoms with E-state index in [2.05, 4.69) is 81.6 Å². The predicted octanol–water partition coefficient (Wildman–Crippen LogP) is 5.91. The summed E-state index contributed by atoms with van der Waals surface area (Å²) in [5.41, 5.74) is 6.11. The Kier molecular flexibility index (Phi) is 6.24. The normalized spacial score (nSPS) is 16.2. The Morgan fingerprint density at radius 1 is 1.10 bits per heavy atom. The number of carbonyl (C=O) groups excluding carboxylic acids is 1. The molecule has 2 aromatic carbocycles. The highest BCUT2D eigenvalue weighted by Gasteiger charge is 2.25. The zero-order valence-corrected chi connectivity index (χ0v) is 20.7. The fourth-order valence-corrected chi connectivity index (χ4v) is 4.72. The molecule has 4 rings (SSSR count). The number of carbonyl (C=O) groups is 1. The van der Waals surface area contributed by atoms with E-state index in [-0.39, 0.29) is 5.91 Å². The van der Waals surface area contributed by atoms with Crippen LogP contribution in [0.15, 0.2) is 58.4 Å². The van der Waals surface area contributed by atoms with E-state index in [9.17, 15) is 4.79 Å². The van der Waals surface area contributed by atoms with Crippen LogP contribution in [-0.2, 0) is 4.79 Å². The number of nitrogens with zero attached hydrogens (tertiary/aromatic N) is 2. The van der Waals surface area contributed by atoms with E-state index in [1.54, 1.807) is 7.11 Å². The highest BCUT2D eigenvalue weighted by atomic mass is 127. The molecule has 0 bridgehead atoms. The lowest BCUT2D eigenvalue weighted by Crippen LogP contribution is -2.19. The molecule has 1 saturated heterocycles. The molecule has 1 aliphatic heterocycles. The molecular weight excluding hydrogens is 521 g/mol. The van der Waals surface area contributed by atoms with Crippen LogP contribution in [0.3, 0.4) is 0 Å². The van der Waals surface area contributed by atoms with Crippen molar-refractivity contribution in [2.45, 2.75) is 20.8 Å². The molecule has 158 valence electrons. The lowest BCUT2D eigenvalue weighted by Gasteiger charge is -2.09. The number of aryl methyl sites for hydroxylation is 2. The number of benzene rings is 2. The molecule has 2 heterocycles. The van der Waals surface area contributed by atoms with Gasteiger partial charge in [0, 0.05) is 20.6 Å². The summed E-state index contributed by atoms with van der Waals surface area (Å²) >= 11 is 3.64. The minimum absolute atomic E-state index is 0.144. The Labute approximate surface area is 199 Å². The molecule has 1 aromatic heterocycles. The van der Waals surface area contributed by atoms with E-state index in [4.69, 9.17) is 4.74 Å². The van der Waals surface area contributed by atoms with E-state index < -0.39 is 0 Å². The third kappa shape index (κ3) is 4.57. The smallest absolute Gasteiger partial charge is 0.264 e. The van der Waals surface area contributed by atoms with Crippen LogP contribution < -0.4 is 10.1 Å². The number of rotatable bonds is 4. The van der Waals surface area contributed by atoms with Crippen molar-refractivity contribution in [3.63, 3.8) is 0 Å². The van der Waals surface area contributed by atoms with E-state index >= 15 is 0 Å². The van der Waals surface area contributed by atoms with Crippen molar-refractivity contribution in [1.82, 2.24) is 9.88 Å². The van der Waals surface area contributed by atoms with Crippen LogP contribution in [0.5, 0.6) is 5.75 Å². The zero-order valence-electron chi connectivity index (χ0n) is 17.7. The topological polar surface area (TPSA) is 55.6 Å². The third-order valence-corrected chi connectivity index (χ3v) is 6.68. The van der Waals surface area contributed by atoms with Crippen LogP contribution in [0.2, 0.25) is 0 Å². The summed E-state index contributed by atoms with van der Waals surface area (Å²) in [6, 6.07) is 16.3. The van der Waals surface area contributed by atoms with E-state index in [1.165, 1.54) is 15.3 Å². The van der Waals surface area contributed by atoms with E-state index in [0.29, 0.717) is 21.5 Å². The number of aliphatic imine (C=N–C) groups is 1. The van der Waals surface area contributed by atoms with Gasteiger partial charge in [-0.2, -0.15) is 0 Å². The Hall–Kier alpha value is -2.52. The molecule has 3 aromatic rings. The van der Waals surface area contributed by atoms with Crippen molar-refractivity contribution in [2.24, 2.45) is 4.99 Å². The van der Waals surface area contributed by atoms with Crippen molar-refractivity contribution in [2.75, 3.05) is 7.11 Å². The summed E-state index contributed by atoms with van der Waals surface area (Å²) in [5, 5.41) is 3.41. The maximum Gasteiger partial charge on any atom is 0.264 e. The second-order valence-corrected chi connectivity index (χ2v) is 9.57. The number of amidine groups is 1. The Morgan fingerprint density at radius 3 is 2.55 bits per heavy atom.